The van der Waals surface area contributed by atoms with E-state index in [0.29, 0.717) is 0 Å². The van der Waals surface area contributed by atoms with Gasteiger partial charge in [0.2, 0.25) is 0 Å². The lowest BCUT2D eigenvalue weighted by atomic mass is 10.0. The van der Waals surface area contributed by atoms with Crippen LogP contribution in [-0.2, 0) is 12.8 Å². The van der Waals surface area contributed by atoms with Gasteiger partial charge in [-0.1, -0.05) is 32.6 Å². The Bertz CT molecular complexity index is 316. The molecule has 1 saturated carbocycles. The molecule has 0 atom stereocenters. The first kappa shape index (κ1) is 12.6. The molecule has 1 fully saturated rings. The van der Waals surface area contributed by atoms with Crippen LogP contribution in [0, 0.1) is 5.92 Å². The van der Waals surface area contributed by atoms with E-state index in [9.17, 15) is 0 Å². The zero-order valence-electron chi connectivity index (χ0n) is 10.9. The molecular formula is C14H24N2O. The second kappa shape index (κ2) is 6.80. The molecule has 0 amide bonds. The minimum Gasteiger partial charge on any atom is -0.446 e. The summed E-state index contributed by atoms with van der Waals surface area (Å²) in [4.78, 5) is 4.35. The fraction of sp³-hybridized carbons (Fsp3) is 0.786. The molecule has 0 bridgehead atoms. The Kier molecular flexibility index (Phi) is 5.05. The maximum Gasteiger partial charge on any atom is 0.195 e. The third kappa shape index (κ3) is 4.15. The number of nitrogens with one attached hydrogen (secondary N) is 1. The van der Waals surface area contributed by atoms with Crippen LogP contribution in [-0.4, -0.2) is 18.1 Å². The van der Waals surface area contributed by atoms with Crippen LogP contribution in [0.5, 0.6) is 0 Å². The normalized spacial score (nSPS) is 16.8. The van der Waals surface area contributed by atoms with Crippen molar-refractivity contribution in [1.82, 2.24) is 10.3 Å². The summed E-state index contributed by atoms with van der Waals surface area (Å²) in [5, 5.41) is 3.37. The molecule has 17 heavy (non-hydrogen) atoms. The van der Waals surface area contributed by atoms with Gasteiger partial charge in [-0.3, -0.25) is 0 Å². The van der Waals surface area contributed by atoms with Crippen molar-refractivity contribution in [2.45, 2.75) is 51.9 Å². The van der Waals surface area contributed by atoms with Crippen LogP contribution in [0.4, 0.5) is 0 Å². The van der Waals surface area contributed by atoms with E-state index in [1.165, 1.54) is 32.1 Å². The van der Waals surface area contributed by atoms with Gasteiger partial charge in [-0.05, 0) is 18.9 Å². The number of oxazole rings is 1. The van der Waals surface area contributed by atoms with E-state index in [0.717, 1.165) is 43.5 Å². The minimum absolute atomic E-state index is 0.842. The average molecular weight is 236 g/mol. The highest BCUT2D eigenvalue weighted by molar-refractivity contribution is 4.96. The first-order chi connectivity index (χ1) is 8.38. The highest BCUT2D eigenvalue weighted by Gasteiger charge is 2.17. The Morgan fingerprint density at radius 1 is 1.35 bits per heavy atom. The van der Waals surface area contributed by atoms with Crippen molar-refractivity contribution in [2.24, 2.45) is 5.92 Å². The first-order valence-corrected chi connectivity index (χ1v) is 7.02. The quantitative estimate of drug-likeness (QED) is 0.740. The van der Waals surface area contributed by atoms with E-state index in [-0.39, 0.29) is 0 Å². The second-order valence-corrected chi connectivity index (χ2v) is 5.07. The molecule has 0 radical (unpaired) electrons. The molecule has 0 saturated heterocycles. The molecule has 3 nitrogen and oxygen atoms in total. The van der Waals surface area contributed by atoms with Crippen molar-refractivity contribution in [3.8, 4) is 0 Å². The fourth-order valence-corrected chi connectivity index (χ4v) is 2.55. The van der Waals surface area contributed by atoms with Gasteiger partial charge in [-0.2, -0.15) is 0 Å². The fourth-order valence-electron chi connectivity index (χ4n) is 2.55. The molecule has 1 N–H and O–H groups in total. The monoisotopic (exact) mass is 236 g/mol. The van der Waals surface area contributed by atoms with Crippen LogP contribution in [0.15, 0.2) is 10.6 Å². The summed E-state index contributed by atoms with van der Waals surface area (Å²) in [6.45, 7) is 4.23. The van der Waals surface area contributed by atoms with Crippen molar-refractivity contribution in [3.05, 3.63) is 17.8 Å². The van der Waals surface area contributed by atoms with Gasteiger partial charge in [-0.25, -0.2) is 4.98 Å². The molecule has 3 heteroatoms. The van der Waals surface area contributed by atoms with Crippen LogP contribution in [0.3, 0.4) is 0 Å². The summed E-state index contributed by atoms with van der Waals surface area (Å²) in [7, 11) is 0. The summed E-state index contributed by atoms with van der Waals surface area (Å²) in [5.41, 5.74) is 0. The topological polar surface area (TPSA) is 38.1 Å². The molecule has 1 aromatic rings. The predicted molar refractivity (Wildman–Crippen MR) is 69.0 cm³/mol. The molecule has 0 spiro atoms. The number of aromatic nitrogens is 1. The maximum absolute atomic E-state index is 5.77. The zero-order valence-corrected chi connectivity index (χ0v) is 10.9. The third-order valence-corrected chi connectivity index (χ3v) is 3.51. The minimum atomic E-state index is 0.842. The van der Waals surface area contributed by atoms with Crippen molar-refractivity contribution < 1.29 is 4.42 Å². The molecule has 2 rings (SSSR count). The van der Waals surface area contributed by atoms with Crippen molar-refractivity contribution in [2.75, 3.05) is 13.1 Å². The number of rotatable bonds is 7. The molecule has 1 heterocycles. The lowest BCUT2D eigenvalue weighted by Gasteiger charge is -2.04. The number of nitrogens with zero attached hydrogens (tertiary/aromatic N) is 1. The maximum atomic E-state index is 5.77. The van der Waals surface area contributed by atoms with Gasteiger partial charge in [0.1, 0.15) is 5.76 Å². The highest BCUT2D eigenvalue weighted by Crippen LogP contribution is 2.28. The highest BCUT2D eigenvalue weighted by atomic mass is 16.4. The second-order valence-electron chi connectivity index (χ2n) is 5.07. The van der Waals surface area contributed by atoms with Crippen LogP contribution < -0.4 is 5.32 Å². The summed E-state index contributed by atoms with van der Waals surface area (Å²) < 4.78 is 5.77. The molecule has 96 valence electrons. The largest absolute Gasteiger partial charge is 0.446 e. The standard InChI is InChI=1S/C14H24N2O/c1-2-8-15-9-7-14-16-11-13(17-14)10-12-5-3-4-6-12/h11-12,15H,2-10H2,1H3. The van der Waals surface area contributed by atoms with Crippen LogP contribution in [0.1, 0.15) is 50.7 Å². The lowest BCUT2D eigenvalue weighted by molar-refractivity contribution is 0.412. The molecule has 1 aliphatic rings. The summed E-state index contributed by atoms with van der Waals surface area (Å²) in [6, 6.07) is 0. The Morgan fingerprint density at radius 3 is 2.94 bits per heavy atom. The molecule has 1 aromatic heterocycles. The average Bonchev–Trinajstić information content (AvgIpc) is 2.97. The molecule has 1 aliphatic carbocycles. The summed E-state index contributed by atoms with van der Waals surface area (Å²) in [5.74, 6) is 2.82. The van der Waals surface area contributed by atoms with Gasteiger partial charge in [0, 0.05) is 19.4 Å². The van der Waals surface area contributed by atoms with E-state index in [1.54, 1.807) is 0 Å². The van der Waals surface area contributed by atoms with E-state index in [4.69, 9.17) is 4.42 Å². The van der Waals surface area contributed by atoms with Crippen molar-refractivity contribution in [3.63, 3.8) is 0 Å². The SMILES string of the molecule is CCCNCCc1ncc(CC2CCCC2)o1. The van der Waals surface area contributed by atoms with Gasteiger partial charge in [0.15, 0.2) is 5.89 Å². The first-order valence-electron chi connectivity index (χ1n) is 7.02. The summed E-state index contributed by atoms with van der Waals surface area (Å²) >= 11 is 0. The lowest BCUT2D eigenvalue weighted by Crippen LogP contribution is -2.17. The smallest absolute Gasteiger partial charge is 0.195 e. The van der Waals surface area contributed by atoms with Gasteiger partial charge in [-0.15, -0.1) is 0 Å². The number of hydrogen-bond donors (Lipinski definition) is 1. The Morgan fingerprint density at radius 2 is 2.18 bits per heavy atom. The van der Waals surface area contributed by atoms with Crippen LogP contribution >= 0.6 is 0 Å². The van der Waals surface area contributed by atoms with Gasteiger partial charge in [0.25, 0.3) is 0 Å². The van der Waals surface area contributed by atoms with Gasteiger partial charge >= 0.3 is 0 Å². The van der Waals surface area contributed by atoms with E-state index in [2.05, 4.69) is 17.2 Å². The molecule has 0 aromatic carbocycles. The van der Waals surface area contributed by atoms with E-state index in [1.807, 2.05) is 6.20 Å². The Labute approximate surface area is 104 Å². The van der Waals surface area contributed by atoms with Crippen LogP contribution in [0.25, 0.3) is 0 Å². The zero-order chi connectivity index (χ0) is 11.9. The molecular weight excluding hydrogens is 212 g/mol. The molecule has 0 aliphatic heterocycles. The van der Waals surface area contributed by atoms with E-state index < -0.39 is 0 Å². The Balaban J connectivity index is 1.71. The van der Waals surface area contributed by atoms with Gasteiger partial charge in [0.05, 0.1) is 6.20 Å². The Hall–Kier alpha value is -0.830. The van der Waals surface area contributed by atoms with Crippen LogP contribution in [0.2, 0.25) is 0 Å². The van der Waals surface area contributed by atoms with Gasteiger partial charge < -0.3 is 9.73 Å². The van der Waals surface area contributed by atoms with Crippen molar-refractivity contribution in [1.29, 1.82) is 0 Å². The summed E-state index contributed by atoms with van der Waals surface area (Å²) in [6.07, 6.45) is 10.6. The predicted octanol–water partition coefficient (Wildman–Crippen LogP) is 2.95. The van der Waals surface area contributed by atoms with Crippen molar-refractivity contribution >= 4 is 0 Å². The number of hydrogen-bond acceptors (Lipinski definition) is 3. The molecule has 0 unspecified atom stereocenters. The van der Waals surface area contributed by atoms with E-state index >= 15 is 0 Å². The third-order valence-electron chi connectivity index (χ3n) is 3.51.